The summed E-state index contributed by atoms with van der Waals surface area (Å²) in [5.74, 6) is -0.579. The van der Waals surface area contributed by atoms with Gasteiger partial charge in [-0.3, -0.25) is 19.3 Å². The van der Waals surface area contributed by atoms with E-state index < -0.39 is 0 Å². The van der Waals surface area contributed by atoms with Crippen LogP contribution in [0.2, 0.25) is 0 Å². The third-order valence-corrected chi connectivity index (χ3v) is 4.85. The number of carbonyl (C=O) groups excluding carboxylic acids is 2. The summed E-state index contributed by atoms with van der Waals surface area (Å²) < 4.78 is 6.42. The number of carbonyl (C=O) groups is 2. The van der Waals surface area contributed by atoms with Gasteiger partial charge in [-0.1, -0.05) is 18.2 Å². The third-order valence-electron chi connectivity index (χ3n) is 4.85. The minimum atomic E-state index is -0.332. The highest BCUT2D eigenvalue weighted by atomic mass is 16.5. The van der Waals surface area contributed by atoms with Crippen LogP contribution >= 0.6 is 0 Å². The highest BCUT2D eigenvalue weighted by molar-refractivity contribution is 6.04. The Balaban J connectivity index is 1.82. The summed E-state index contributed by atoms with van der Waals surface area (Å²) in [6.07, 6.45) is 1.37. The number of ether oxygens (including phenoxy) is 1. The van der Waals surface area contributed by atoms with Crippen LogP contribution in [0, 0.1) is 5.92 Å². The van der Waals surface area contributed by atoms with Gasteiger partial charge in [-0.2, -0.15) is 5.10 Å². The minimum Gasteiger partial charge on any atom is -0.466 e. The van der Waals surface area contributed by atoms with Crippen molar-refractivity contribution in [3.05, 3.63) is 40.3 Å². The SMILES string of the molecule is CCOC(=O)C1CCN(Cn2nc(C(=O)NC)c3ccccc3c2=O)CC1. The molecule has 0 atom stereocenters. The first-order valence-corrected chi connectivity index (χ1v) is 9.16. The molecule has 1 aliphatic rings. The van der Waals surface area contributed by atoms with Gasteiger partial charge in [-0.25, -0.2) is 4.68 Å². The van der Waals surface area contributed by atoms with Gasteiger partial charge in [0.1, 0.15) is 0 Å². The third kappa shape index (κ3) is 4.00. The van der Waals surface area contributed by atoms with Gasteiger partial charge in [0.15, 0.2) is 5.69 Å². The van der Waals surface area contributed by atoms with Crippen LogP contribution in [0.5, 0.6) is 0 Å². The first kappa shape index (κ1) is 19.0. The summed E-state index contributed by atoms with van der Waals surface area (Å²) in [7, 11) is 1.54. The smallest absolute Gasteiger partial charge is 0.309 e. The molecule has 8 nitrogen and oxygen atoms in total. The number of fused-ring (bicyclic) bond motifs is 1. The highest BCUT2D eigenvalue weighted by Crippen LogP contribution is 2.19. The molecule has 0 unspecified atom stereocenters. The lowest BCUT2D eigenvalue weighted by molar-refractivity contribution is -0.149. The summed E-state index contributed by atoms with van der Waals surface area (Å²) >= 11 is 0. The van der Waals surface area contributed by atoms with E-state index >= 15 is 0 Å². The molecule has 1 amide bonds. The van der Waals surface area contributed by atoms with Crippen molar-refractivity contribution >= 4 is 22.6 Å². The lowest BCUT2D eigenvalue weighted by Crippen LogP contribution is -2.41. The van der Waals surface area contributed by atoms with Gasteiger partial charge < -0.3 is 10.1 Å². The van der Waals surface area contributed by atoms with Crippen molar-refractivity contribution in [2.24, 2.45) is 5.92 Å². The number of hydrogen-bond acceptors (Lipinski definition) is 6. The summed E-state index contributed by atoms with van der Waals surface area (Å²) in [5, 5.41) is 7.89. The number of piperidine rings is 1. The van der Waals surface area contributed by atoms with E-state index in [2.05, 4.69) is 15.3 Å². The monoisotopic (exact) mass is 372 g/mol. The van der Waals surface area contributed by atoms with E-state index in [4.69, 9.17) is 4.74 Å². The predicted octanol–water partition coefficient (Wildman–Crippen LogP) is 0.989. The Morgan fingerprint density at radius 3 is 2.52 bits per heavy atom. The molecule has 2 aromatic rings. The second-order valence-corrected chi connectivity index (χ2v) is 6.56. The number of nitrogens with one attached hydrogen (secondary N) is 1. The van der Waals surface area contributed by atoms with Gasteiger partial charge in [-0.15, -0.1) is 0 Å². The Morgan fingerprint density at radius 2 is 1.89 bits per heavy atom. The fourth-order valence-corrected chi connectivity index (χ4v) is 3.38. The Morgan fingerprint density at radius 1 is 1.22 bits per heavy atom. The highest BCUT2D eigenvalue weighted by Gasteiger charge is 2.26. The summed E-state index contributed by atoms with van der Waals surface area (Å²) in [4.78, 5) is 38.9. The molecule has 3 rings (SSSR count). The number of esters is 1. The van der Waals surface area contributed by atoms with E-state index in [-0.39, 0.29) is 35.7 Å². The second-order valence-electron chi connectivity index (χ2n) is 6.56. The number of benzene rings is 1. The Bertz CT molecular complexity index is 900. The lowest BCUT2D eigenvalue weighted by Gasteiger charge is -2.30. The summed E-state index contributed by atoms with van der Waals surface area (Å²) in [6, 6.07) is 6.98. The Labute approximate surface area is 157 Å². The molecular formula is C19H24N4O4. The molecule has 1 saturated heterocycles. The number of aromatic nitrogens is 2. The minimum absolute atomic E-state index is 0.0936. The van der Waals surface area contributed by atoms with E-state index in [9.17, 15) is 14.4 Å². The number of amides is 1. The molecule has 0 aliphatic carbocycles. The van der Waals surface area contributed by atoms with Crippen LogP contribution in [-0.4, -0.2) is 53.3 Å². The van der Waals surface area contributed by atoms with Gasteiger partial charge in [0, 0.05) is 25.5 Å². The first-order valence-electron chi connectivity index (χ1n) is 9.16. The molecule has 1 N–H and O–H groups in total. The van der Waals surface area contributed by atoms with Crippen molar-refractivity contribution in [2.75, 3.05) is 26.7 Å². The fourth-order valence-electron chi connectivity index (χ4n) is 3.38. The van der Waals surface area contributed by atoms with E-state index in [0.29, 0.717) is 43.3 Å². The van der Waals surface area contributed by atoms with Crippen LogP contribution < -0.4 is 10.9 Å². The number of rotatable bonds is 5. The van der Waals surface area contributed by atoms with E-state index in [0.717, 1.165) is 0 Å². The maximum absolute atomic E-state index is 12.8. The van der Waals surface area contributed by atoms with Crippen LogP contribution in [0.3, 0.4) is 0 Å². The van der Waals surface area contributed by atoms with Crippen LogP contribution in [0.25, 0.3) is 10.8 Å². The average molecular weight is 372 g/mol. The molecule has 0 bridgehead atoms. The van der Waals surface area contributed by atoms with Crippen molar-refractivity contribution < 1.29 is 14.3 Å². The van der Waals surface area contributed by atoms with Gasteiger partial charge in [0.05, 0.1) is 24.6 Å². The molecule has 1 aliphatic heterocycles. The first-order chi connectivity index (χ1) is 13.0. The van der Waals surface area contributed by atoms with E-state index in [1.54, 1.807) is 31.2 Å². The van der Waals surface area contributed by atoms with Crippen LogP contribution in [0.4, 0.5) is 0 Å². The quantitative estimate of drug-likeness (QED) is 0.787. The Kier molecular flexibility index (Phi) is 5.85. The largest absolute Gasteiger partial charge is 0.466 e. The molecule has 1 aromatic heterocycles. The maximum atomic E-state index is 12.8. The van der Waals surface area contributed by atoms with Crippen molar-refractivity contribution in [3.63, 3.8) is 0 Å². The molecule has 1 fully saturated rings. The molecule has 144 valence electrons. The standard InChI is InChI=1S/C19H24N4O4/c1-3-27-19(26)13-8-10-22(11-9-13)12-23-18(25)15-7-5-4-6-14(15)16(21-23)17(24)20-2/h4-7,13H,3,8-12H2,1-2H3,(H,20,24). The predicted molar refractivity (Wildman–Crippen MR) is 100 cm³/mol. The van der Waals surface area contributed by atoms with E-state index in [1.165, 1.54) is 11.7 Å². The number of likely N-dealkylation sites (tertiary alicyclic amines) is 1. The van der Waals surface area contributed by atoms with Gasteiger partial charge in [0.2, 0.25) is 0 Å². The molecule has 0 spiro atoms. The Hall–Kier alpha value is -2.74. The molecule has 8 heteroatoms. The van der Waals surface area contributed by atoms with E-state index in [1.807, 2.05) is 0 Å². The van der Waals surface area contributed by atoms with Crippen molar-refractivity contribution in [1.29, 1.82) is 0 Å². The molecule has 2 heterocycles. The number of nitrogens with zero attached hydrogens (tertiary/aromatic N) is 3. The molecule has 1 aromatic carbocycles. The zero-order chi connectivity index (χ0) is 19.4. The molecule has 27 heavy (non-hydrogen) atoms. The normalized spacial score (nSPS) is 15.6. The second kappa shape index (κ2) is 8.30. The van der Waals surface area contributed by atoms with Crippen LogP contribution in [-0.2, 0) is 16.2 Å². The van der Waals surface area contributed by atoms with Crippen molar-refractivity contribution in [2.45, 2.75) is 26.4 Å². The van der Waals surface area contributed by atoms with Crippen LogP contribution in [0.1, 0.15) is 30.3 Å². The summed E-state index contributed by atoms with van der Waals surface area (Å²) in [5.41, 5.74) is -0.000112. The molecule has 0 radical (unpaired) electrons. The molecule has 0 saturated carbocycles. The number of hydrogen-bond donors (Lipinski definition) is 1. The fraction of sp³-hybridized carbons (Fsp3) is 0.474. The lowest BCUT2D eigenvalue weighted by atomic mass is 9.97. The molecular weight excluding hydrogens is 348 g/mol. The van der Waals surface area contributed by atoms with Gasteiger partial charge in [0.25, 0.3) is 11.5 Å². The average Bonchev–Trinajstić information content (AvgIpc) is 2.70. The van der Waals surface area contributed by atoms with Gasteiger partial charge in [-0.05, 0) is 25.8 Å². The maximum Gasteiger partial charge on any atom is 0.309 e. The van der Waals surface area contributed by atoms with Gasteiger partial charge >= 0.3 is 5.97 Å². The zero-order valence-electron chi connectivity index (χ0n) is 15.6. The summed E-state index contributed by atoms with van der Waals surface area (Å²) in [6.45, 7) is 3.80. The zero-order valence-corrected chi connectivity index (χ0v) is 15.6. The van der Waals surface area contributed by atoms with Crippen LogP contribution in [0.15, 0.2) is 29.1 Å². The van der Waals surface area contributed by atoms with Crippen molar-refractivity contribution in [3.8, 4) is 0 Å². The topological polar surface area (TPSA) is 93.5 Å². The van der Waals surface area contributed by atoms with Crippen molar-refractivity contribution in [1.82, 2.24) is 20.0 Å².